The molecule has 5 nitrogen and oxygen atoms in total. The van der Waals surface area contributed by atoms with Gasteiger partial charge in [-0.05, 0) is 37.1 Å². The summed E-state index contributed by atoms with van der Waals surface area (Å²) in [6.45, 7) is 5.85. The second-order valence-electron chi connectivity index (χ2n) is 5.58. The van der Waals surface area contributed by atoms with E-state index in [1.165, 1.54) is 33.4 Å². The number of amides is 1. The Morgan fingerprint density at radius 1 is 1.14 bits per heavy atom. The fourth-order valence-electron chi connectivity index (χ4n) is 2.31. The highest BCUT2D eigenvalue weighted by Crippen LogP contribution is 2.21. The van der Waals surface area contributed by atoms with E-state index >= 15 is 0 Å². The Bertz CT molecular complexity index is 651. The number of nitrogens with zero attached hydrogens (tertiary/aromatic N) is 2. The van der Waals surface area contributed by atoms with E-state index in [-0.39, 0.29) is 5.91 Å². The minimum absolute atomic E-state index is 0.0661. The Morgan fingerprint density at radius 2 is 1.77 bits per heavy atom. The fraction of sp³-hybridized carbons (Fsp3) is 0.533. The summed E-state index contributed by atoms with van der Waals surface area (Å²) < 4.78 is 24.3. The van der Waals surface area contributed by atoms with Crippen molar-refractivity contribution in [1.29, 1.82) is 0 Å². The van der Waals surface area contributed by atoms with Crippen LogP contribution in [0.5, 0.6) is 0 Å². The van der Waals surface area contributed by atoms with Crippen LogP contribution in [0.25, 0.3) is 0 Å². The first-order valence-electron chi connectivity index (χ1n) is 7.20. The maximum absolute atomic E-state index is 12.2. The molecule has 0 atom stereocenters. The van der Waals surface area contributed by atoms with Gasteiger partial charge < -0.3 is 4.90 Å². The van der Waals surface area contributed by atoms with Gasteiger partial charge in [-0.3, -0.25) is 4.79 Å². The zero-order valence-electron chi connectivity index (χ0n) is 13.2. The van der Waals surface area contributed by atoms with Crippen molar-refractivity contribution in [2.24, 2.45) is 0 Å². The van der Waals surface area contributed by atoms with Crippen molar-refractivity contribution in [2.75, 3.05) is 38.2 Å². The molecule has 7 heteroatoms. The van der Waals surface area contributed by atoms with Gasteiger partial charge in [-0.2, -0.15) is 4.31 Å². The molecule has 0 saturated carbocycles. The lowest BCUT2D eigenvalue weighted by molar-refractivity contribution is -0.129. The maximum Gasteiger partial charge on any atom is 0.233 e. The van der Waals surface area contributed by atoms with Gasteiger partial charge in [0, 0.05) is 31.1 Å². The molecule has 122 valence electrons. The van der Waals surface area contributed by atoms with Gasteiger partial charge in [0.25, 0.3) is 0 Å². The largest absolute Gasteiger partial charge is 0.339 e. The Balaban J connectivity index is 1.85. The average Bonchev–Trinajstić information content (AvgIpc) is 2.47. The third-order valence-corrected chi connectivity index (χ3v) is 6.18. The summed E-state index contributed by atoms with van der Waals surface area (Å²) in [6, 6.07) is 6.18. The first-order valence-corrected chi connectivity index (χ1v) is 10.0. The molecule has 1 amide bonds. The Hall–Kier alpha value is -1.05. The number of hydrogen-bond donors (Lipinski definition) is 0. The number of hydrogen-bond acceptors (Lipinski definition) is 4. The lowest BCUT2D eigenvalue weighted by Gasteiger charge is -2.33. The molecule has 22 heavy (non-hydrogen) atoms. The topological polar surface area (TPSA) is 57.7 Å². The molecule has 1 aliphatic rings. The Kier molecular flexibility index (Phi) is 5.52. The van der Waals surface area contributed by atoms with E-state index in [9.17, 15) is 13.2 Å². The van der Waals surface area contributed by atoms with Crippen LogP contribution in [0.3, 0.4) is 0 Å². The molecule has 2 rings (SSSR count). The van der Waals surface area contributed by atoms with Crippen molar-refractivity contribution < 1.29 is 13.2 Å². The predicted octanol–water partition coefficient (Wildman–Crippen LogP) is 1.50. The molecular weight excluding hydrogens is 320 g/mol. The van der Waals surface area contributed by atoms with Crippen LogP contribution >= 0.6 is 11.8 Å². The van der Waals surface area contributed by atoms with Crippen LogP contribution in [0.15, 0.2) is 23.1 Å². The highest BCUT2D eigenvalue weighted by atomic mass is 32.2. The molecule has 0 aromatic heterocycles. The molecule has 0 aliphatic carbocycles. The van der Waals surface area contributed by atoms with Gasteiger partial charge in [-0.15, -0.1) is 11.8 Å². The first-order chi connectivity index (χ1) is 10.3. The normalized spacial score (nSPS) is 16.8. The highest BCUT2D eigenvalue weighted by Gasteiger charge is 2.25. The lowest BCUT2D eigenvalue weighted by atomic mass is 10.1. The van der Waals surface area contributed by atoms with Crippen LogP contribution in [-0.4, -0.2) is 61.7 Å². The molecule has 0 spiro atoms. The summed E-state index contributed by atoms with van der Waals surface area (Å²) in [5, 5.41) is 0. The number of benzene rings is 1. The van der Waals surface area contributed by atoms with Gasteiger partial charge in [0.15, 0.2) is 0 Å². The SMILES string of the molecule is Cc1ccc(SCC(=O)N2CCN(S(C)(=O)=O)CC2)cc1C. The quantitative estimate of drug-likeness (QED) is 0.778. The van der Waals surface area contributed by atoms with Crippen molar-refractivity contribution in [3.63, 3.8) is 0 Å². The molecule has 1 aromatic carbocycles. The van der Waals surface area contributed by atoms with Crippen molar-refractivity contribution in [3.05, 3.63) is 29.3 Å². The zero-order valence-corrected chi connectivity index (χ0v) is 14.8. The summed E-state index contributed by atoms with van der Waals surface area (Å²) in [6.07, 6.45) is 1.21. The molecule has 0 unspecified atom stereocenters. The number of aryl methyl sites for hydroxylation is 2. The van der Waals surface area contributed by atoms with Gasteiger partial charge in [0.05, 0.1) is 12.0 Å². The number of sulfonamides is 1. The summed E-state index contributed by atoms with van der Waals surface area (Å²) in [4.78, 5) is 15.1. The molecule has 1 aliphatic heterocycles. The standard InChI is InChI=1S/C15H22N2O3S2/c1-12-4-5-14(10-13(12)2)21-11-15(18)16-6-8-17(9-7-16)22(3,19)20/h4-5,10H,6-9,11H2,1-3H3. The molecule has 1 aromatic rings. The van der Waals surface area contributed by atoms with Gasteiger partial charge in [-0.25, -0.2) is 8.42 Å². The second-order valence-corrected chi connectivity index (χ2v) is 8.61. The number of piperazine rings is 1. The third-order valence-electron chi connectivity index (χ3n) is 3.90. The summed E-state index contributed by atoms with van der Waals surface area (Å²) in [5.41, 5.74) is 2.46. The number of thioether (sulfide) groups is 1. The van der Waals surface area contributed by atoms with Crippen LogP contribution in [0.1, 0.15) is 11.1 Å². The van der Waals surface area contributed by atoms with E-state index in [0.717, 1.165) is 4.90 Å². The van der Waals surface area contributed by atoms with Gasteiger partial charge >= 0.3 is 0 Å². The van der Waals surface area contributed by atoms with E-state index in [4.69, 9.17) is 0 Å². The van der Waals surface area contributed by atoms with Crippen molar-refractivity contribution >= 4 is 27.7 Å². The number of rotatable bonds is 4. The molecule has 1 fully saturated rings. The average molecular weight is 342 g/mol. The van der Waals surface area contributed by atoms with Gasteiger partial charge in [-0.1, -0.05) is 6.07 Å². The van der Waals surface area contributed by atoms with Crippen molar-refractivity contribution in [2.45, 2.75) is 18.7 Å². The van der Waals surface area contributed by atoms with E-state index in [1.807, 2.05) is 6.07 Å². The number of carbonyl (C=O) groups is 1. The van der Waals surface area contributed by atoms with Crippen LogP contribution in [0, 0.1) is 13.8 Å². The zero-order chi connectivity index (χ0) is 16.3. The molecule has 0 N–H and O–H groups in total. The van der Waals surface area contributed by atoms with Crippen LogP contribution in [0.4, 0.5) is 0 Å². The second kappa shape index (κ2) is 7.02. The van der Waals surface area contributed by atoms with E-state index in [2.05, 4.69) is 26.0 Å². The van der Waals surface area contributed by atoms with Crippen LogP contribution in [0.2, 0.25) is 0 Å². The minimum atomic E-state index is -3.15. The monoisotopic (exact) mass is 342 g/mol. The lowest BCUT2D eigenvalue weighted by Crippen LogP contribution is -2.50. The summed E-state index contributed by atoms with van der Waals surface area (Å²) >= 11 is 1.53. The molecular formula is C15H22N2O3S2. The van der Waals surface area contributed by atoms with Crippen molar-refractivity contribution in [1.82, 2.24) is 9.21 Å². The van der Waals surface area contributed by atoms with Gasteiger partial charge in [0.1, 0.15) is 0 Å². The highest BCUT2D eigenvalue weighted by molar-refractivity contribution is 8.00. The third kappa shape index (κ3) is 4.47. The predicted molar refractivity (Wildman–Crippen MR) is 89.6 cm³/mol. The van der Waals surface area contributed by atoms with E-state index in [1.54, 1.807) is 4.90 Å². The molecule has 0 bridgehead atoms. The van der Waals surface area contributed by atoms with Crippen molar-refractivity contribution in [3.8, 4) is 0 Å². The van der Waals surface area contributed by atoms with Gasteiger partial charge in [0.2, 0.25) is 15.9 Å². The Labute approximate surface area is 136 Å². The maximum atomic E-state index is 12.2. The minimum Gasteiger partial charge on any atom is -0.339 e. The smallest absolute Gasteiger partial charge is 0.233 e. The first kappa shape index (κ1) is 17.3. The summed E-state index contributed by atoms with van der Waals surface area (Å²) in [5.74, 6) is 0.456. The Morgan fingerprint density at radius 3 is 2.32 bits per heavy atom. The van der Waals surface area contributed by atoms with E-state index < -0.39 is 10.0 Å². The molecule has 0 radical (unpaired) electrons. The van der Waals surface area contributed by atoms with Crippen LogP contribution < -0.4 is 0 Å². The van der Waals surface area contributed by atoms with E-state index in [0.29, 0.717) is 31.9 Å². The molecule has 1 saturated heterocycles. The number of carbonyl (C=O) groups excluding carboxylic acids is 1. The van der Waals surface area contributed by atoms with Crippen LogP contribution in [-0.2, 0) is 14.8 Å². The fourth-order valence-corrected chi connectivity index (χ4v) is 4.03. The summed E-state index contributed by atoms with van der Waals surface area (Å²) in [7, 11) is -3.15. The molecule has 1 heterocycles.